The summed E-state index contributed by atoms with van der Waals surface area (Å²) in [5, 5.41) is 16.4. The summed E-state index contributed by atoms with van der Waals surface area (Å²) in [5.74, 6) is 0.722. The predicted molar refractivity (Wildman–Crippen MR) is 58.0 cm³/mol. The van der Waals surface area contributed by atoms with E-state index in [1.807, 2.05) is 13.0 Å². The number of nitrogens with zero attached hydrogens (tertiary/aromatic N) is 2. The van der Waals surface area contributed by atoms with Gasteiger partial charge in [-0.15, -0.1) is 0 Å². The fourth-order valence-electron chi connectivity index (χ4n) is 1.65. The number of para-hydroxylation sites is 1. The van der Waals surface area contributed by atoms with Crippen molar-refractivity contribution in [3.63, 3.8) is 0 Å². The molecular weight excluding hydrogens is 206 g/mol. The molecule has 5 nitrogen and oxygen atoms in total. The van der Waals surface area contributed by atoms with Gasteiger partial charge in [-0.2, -0.15) is 5.10 Å². The van der Waals surface area contributed by atoms with Crippen molar-refractivity contribution >= 4 is 0 Å². The maximum atomic E-state index is 9.83. The Morgan fingerprint density at radius 1 is 1.38 bits per heavy atom. The van der Waals surface area contributed by atoms with Gasteiger partial charge in [-0.1, -0.05) is 18.2 Å². The standard InChI is InChI=1S/C11H13N3O2/c1-11(16-2,10-12-7-13-14-10)8-5-3-4-6-9(8)15/h3-7,15H,1-2H3,(H,12,13,14). The Hall–Kier alpha value is -1.88. The summed E-state index contributed by atoms with van der Waals surface area (Å²) in [4.78, 5) is 4.07. The van der Waals surface area contributed by atoms with E-state index in [1.165, 1.54) is 6.33 Å². The third-order valence-corrected chi connectivity index (χ3v) is 2.69. The maximum Gasteiger partial charge on any atom is 0.161 e. The summed E-state index contributed by atoms with van der Waals surface area (Å²) in [6.07, 6.45) is 1.41. The Bertz CT molecular complexity index is 470. The van der Waals surface area contributed by atoms with Crippen LogP contribution in [0.3, 0.4) is 0 Å². The number of rotatable bonds is 3. The second kappa shape index (κ2) is 3.94. The second-order valence-corrected chi connectivity index (χ2v) is 3.59. The van der Waals surface area contributed by atoms with Gasteiger partial charge in [0.2, 0.25) is 0 Å². The van der Waals surface area contributed by atoms with Crippen molar-refractivity contribution in [2.24, 2.45) is 0 Å². The van der Waals surface area contributed by atoms with Gasteiger partial charge < -0.3 is 9.84 Å². The van der Waals surface area contributed by atoms with Crippen LogP contribution in [0.2, 0.25) is 0 Å². The van der Waals surface area contributed by atoms with Crippen molar-refractivity contribution in [3.05, 3.63) is 42.0 Å². The SMILES string of the molecule is COC(C)(c1ncn[nH]1)c1ccccc1O. The molecule has 1 aromatic carbocycles. The maximum absolute atomic E-state index is 9.83. The van der Waals surface area contributed by atoms with Gasteiger partial charge in [0.1, 0.15) is 12.1 Å². The van der Waals surface area contributed by atoms with E-state index in [-0.39, 0.29) is 5.75 Å². The van der Waals surface area contributed by atoms with Gasteiger partial charge in [0.25, 0.3) is 0 Å². The van der Waals surface area contributed by atoms with Gasteiger partial charge in [-0.05, 0) is 13.0 Å². The molecule has 0 radical (unpaired) electrons. The summed E-state index contributed by atoms with van der Waals surface area (Å²) < 4.78 is 5.46. The van der Waals surface area contributed by atoms with E-state index in [0.29, 0.717) is 11.4 Å². The van der Waals surface area contributed by atoms with Crippen LogP contribution >= 0.6 is 0 Å². The first-order chi connectivity index (χ1) is 7.68. The number of benzene rings is 1. The van der Waals surface area contributed by atoms with Crippen molar-refractivity contribution in [3.8, 4) is 5.75 Å². The zero-order chi connectivity index (χ0) is 11.6. The fourth-order valence-corrected chi connectivity index (χ4v) is 1.65. The van der Waals surface area contributed by atoms with Crippen LogP contribution in [0, 0.1) is 0 Å². The quantitative estimate of drug-likeness (QED) is 0.819. The highest BCUT2D eigenvalue weighted by Gasteiger charge is 2.34. The Kier molecular flexibility index (Phi) is 2.62. The molecule has 2 aromatic rings. The van der Waals surface area contributed by atoms with Crippen LogP contribution in [-0.2, 0) is 10.3 Å². The zero-order valence-electron chi connectivity index (χ0n) is 9.14. The highest BCUT2D eigenvalue weighted by molar-refractivity contribution is 5.40. The molecule has 2 N–H and O–H groups in total. The minimum Gasteiger partial charge on any atom is -0.508 e. The molecule has 84 valence electrons. The summed E-state index contributed by atoms with van der Waals surface area (Å²) in [5.41, 5.74) is -0.184. The molecule has 1 aromatic heterocycles. The van der Waals surface area contributed by atoms with Crippen molar-refractivity contribution in [1.82, 2.24) is 15.2 Å². The molecule has 1 heterocycles. The highest BCUT2D eigenvalue weighted by atomic mass is 16.5. The Balaban J connectivity index is 2.55. The van der Waals surface area contributed by atoms with Gasteiger partial charge in [-0.3, -0.25) is 5.10 Å². The monoisotopic (exact) mass is 219 g/mol. The average Bonchev–Trinajstić information content (AvgIpc) is 2.82. The number of hydrogen-bond acceptors (Lipinski definition) is 4. The topological polar surface area (TPSA) is 71.0 Å². The highest BCUT2D eigenvalue weighted by Crippen LogP contribution is 2.35. The van der Waals surface area contributed by atoms with Crippen molar-refractivity contribution in [2.75, 3.05) is 7.11 Å². The molecule has 16 heavy (non-hydrogen) atoms. The molecule has 0 bridgehead atoms. The summed E-state index contributed by atoms with van der Waals surface area (Å²) in [6.45, 7) is 1.82. The van der Waals surface area contributed by atoms with E-state index in [9.17, 15) is 5.11 Å². The number of nitrogens with one attached hydrogen (secondary N) is 1. The van der Waals surface area contributed by atoms with E-state index < -0.39 is 5.60 Å². The van der Waals surface area contributed by atoms with Crippen LogP contribution in [0.15, 0.2) is 30.6 Å². The zero-order valence-corrected chi connectivity index (χ0v) is 9.14. The minimum absolute atomic E-state index is 0.170. The first-order valence-electron chi connectivity index (χ1n) is 4.88. The average molecular weight is 219 g/mol. The molecule has 1 atom stereocenters. The number of methoxy groups -OCH3 is 1. The summed E-state index contributed by atoms with van der Waals surface area (Å²) in [7, 11) is 1.56. The number of phenolic OH excluding ortho intramolecular Hbond substituents is 1. The fraction of sp³-hybridized carbons (Fsp3) is 0.273. The van der Waals surface area contributed by atoms with Crippen LogP contribution in [0.4, 0.5) is 0 Å². The van der Waals surface area contributed by atoms with Gasteiger partial charge in [0, 0.05) is 12.7 Å². The van der Waals surface area contributed by atoms with Gasteiger partial charge in [0.05, 0.1) is 0 Å². The number of hydrogen-bond donors (Lipinski definition) is 2. The van der Waals surface area contributed by atoms with E-state index in [4.69, 9.17) is 4.74 Å². The third kappa shape index (κ3) is 1.55. The summed E-state index contributed by atoms with van der Waals surface area (Å²) >= 11 is 0. The lowest BCUT2D eigenvalue weighted by molar-refractivity contribution is 0.0297. The molecule has 0 saturated carbocycles. The van der Waals surface area contributed by atoms with E-state index in [2.05, 4.69) is 15.2 Å². The lowest BCUT2D eigenvalue weighted by Gasteiger charge is -2.26. The first kappa shape index (κ1) is 10.6. The molecule has 0 amide bonds. The third-order valence-electron chi connectivity index (χ3n) is 2.69. The van der Waals surface area contributed by atoms with Crippen molar-refractivity contribution in [2.45, 2.75) is 12.5 Å². The van der Waals surface area contributed by atoms with Crippen LogP contribution in [-0.4, -0.2) is 27.4 Å². The molecule has 0 aliphatic rings. The molecular formula is C11H13N3O2. The molecule has 1 unspecified atom stereocenters. The molecule has 0 aliphatic carbocycles. The Morgan fingerprint density at radius 3 is 2.69 bits per heavy atom. The lowest BCUT2D eigenvalue weighted by Crippen LogP contribution is -2.27. The molecule has 5 heteroatoms. The van der Waals surface area contributed by atoms with Gasteiger partial charge >= 0.3 is 0 Å². The largest absolute Gasteiger partial charge is 0.508 e. The summed E-state index contributed by atoms with van der Waals surface area (Å²) in [6, 6.07) is 7.00. The smallest absolute Gasteiger partial charge is 0.161 e. The number of aromatic hydroxyl groups is 1. The molecule has 0 saturated heterocycles. The number of ether oxygens (including phenoxy) is 1. The Labute approximate surface area is 93.1 Å². The van der Waals surface area contributed by atoms with Gasteiger partial charge in [-0.25, -0.2) is 4.98 Å². The molecule has 0 fully saturated rings. The van der Waals surface area contributed by atoms with Crippen LogP contribution in [0.1, 0.15) is 18.3 Å². The second-order valence-electron chi connectivity index (χ2n) is 3.59. The van der Waals surface area contributed by atoms with E-state index in [1.54, 1.807) is 25.3 Å². The number of H-pyrrole nitrogens is 1. The van der Waals surface area contributed by atoms with Crippen LogP contribution in [0.5, 0.6) is 5.75 Å². The van der Waals surface area contributed by atoms with Crippen LogP contribution in [0.25, 0.3) is 0 Å². The predicted octanol–water partition coefficient (Wildman–Crippen LogP) is 1.42. The number of phenols is 1. The minimum atomic E-state index is -0.832. The molecule has 2 rings (SSSR count). The lowest BCUT2D eigenvalue weighted by atomic mass is 9.94. The number of aromatic amines is 1. The van der Waals surface area contributed by atoms with E-state index in [0.717, 1.165) is 0 Å². The normalized spacial score (nSPS) is 14.6. The molecule has 0 spiro atoms. The first-order valence-corrected chi connectivity index (χ1v) is 4.88. The van der Waals surface area contributed by atoms with Crippen LogP contribution < -0.4 is 0 Å². The van der Waals surface area contributed by atoms with Crippen molar-refractivity contribution < 1.29 is 9.84 Å². The van der Waals surface area contributed by atoms with Crippen molar-refractivity contribution in [1.29, 1.82) is 0 Å². The van der Waals surface area contributed by atoms with Gasteiger partial charge in [0.15, 0.2) is 11.4 Å². The number of aromatic nitrogens is 3. The van der Waals surface area contributed by atoms with E-state index >= 15 is 0 Å². The Morgan fingerprint density at radius 2 is 2.12 bits per heavy atom. The molecule has 0 aliphatic heterocycles.